The molecule has 0 spiro atoms. The van der Waals surface area contributed by atoms with E-state index in [-0.39, 0.29) is 5.69 Å². The molecule has 3 rings (SSSR count). The standard InChI is InChI=1S/C14H11N3O3/c1-20-12-5-3-2-4-9(12)11-6-7-15-14-16-10(13(18)19)8-17(11)14/h2-8H,1H3,(H,18,19). The summed E-state index contributed by atoms with van der Waals surface area (Å²) >= 11 is 0. The number of hydrogen-bond acceptors (Lipinski definition) is 4. The van der Waals surface area contributed by atoms with Crippen molar-refractivity contribution >= 4 is 11.7 Å². The Hall–Kier alpha value is -2.89. The predicted octanol–water partition coefficient (Wildman–Crippen LogP) is 2.10. The molecule has 0 aliphatic rings. The average Bonchev–Trinajstić information content (AvgIpc) is 2.91. The van der Waals surface area contributed by atoms with Gasteiger partial charge in [-0.3, -0.25) is 4.40 Å². The number of aromatic nitrogens is 3. The van der Waals surface area contributed by atoms with Gasteiger partial charge in [0.1, 0.15) is 5.75 Å². The zero-order valence-corrected chi connectivity index (χ0v) is 10.6. The number of fused-ring (bicyclic) bond motifs is 1. The zero-order chi connectivity index (χ0) is 14.1. The zero-order valence-electron chi connectivity index (χ0n) is 10.6. The Kier molecular flexibility index (Phi) is 2.83. The lowest BCUT2D eigenvalue weighted by Gasteiger charge is -2.09. The quantitative estimate of drug-likeness (QED) is 0.788. The molecule has 6 heteroatoms. The van der Waals surface area contributed by atoms with E-state index in [9.17, 15) is 4.79 Å². The van der Waals surface area contributed by atoms with Crippen LogP contribution in [0.4, 0.5) is 0 Å². The third kappa shape index (κ3) is 1.87. The summed E-state index contributed by atoms with van der Waals surface area (Å²) in [4.78, 5) is 19.1. The molecule has 2 aromatic heterocycles. The van der Waals surface area contributed by atoms with Crippen molar-refractivity contribution in [1.82, 2.24) is 14.4 Å². The fraction of sp³-hybridized carbons (Fsp3) is 0.0714. The number of nitrogens with zero attached hydrogens (tertiary/aromatic N) is 3. The van der Waals surface area contributed by atoms with E-state index in [0.717, 1.165) is 11.3 Å². The van der Waals surface area contributed by atoms with E-state index in [1.165, 1.54) is 6.20 Å². The Labute approximate surface area is 114 Å². The van der Waals surface area contributed by atoms with Gasteiger partial charge in [0.15, 0.2) is 5.69 Å². The Morgan fingerprint density at radius 3 is 2.85 bits per heavy atom. The highest BCUT2D eigenvalue weighted by Gasteiger charge is 2.14. The highest BCUT2D eigenvalue weighted by molar-refractivity contribution is 5.86. The van der Waals surface area contributed by atoms with E-state index in [1.54, 1.807) is 23.8 Å². The Morgan fingerprint density at radius 1 is 1.30 bits per heavy atom. The summed E-state index contributed by atoms with van der Waals surface area (Å²) in [6, 6.07) is 9.29. The highest BCUT2D eigenvalue weighted by Crippen LogP contribution is 2.29. The first-order valence-corrected chi connectivity index (χ1v) is 5.91. The second-order valence-corrected chi connectivity index (χ2v) is 4.13. The number of ether oxygens (including phenoxy) is 1. The smallest absolute Gasteiger partial charge is 0.356 e. The van der Waals surface area contributed by atoms with E-state index in [4.69, 9.17) is 9.84 Å². The second kappa shape index (κ2) is 4.65. The minimum atomic E-state index is -1.08. The molecule has 0 saturated heterocycles. The third-order valence-corrected chi connectivity index (χ3v) is 2.97. The predicted molar refractivity (Wildman–Crippen MR) is 71.9 cm³/mol. The first kappa shape index (κ1) is 12.2. The number of rotatable bonds is 3. The van der Waals surface area contributed by atoms with Crippen molar-refractivity contribution in [3.63, 3.8) is 0 Å². The monoisotopic (exact) mass is 269 g/mol. The summed E-state index contributed by atoms with van der Waals surface area (Å²) in [5.74, 6) is -0.0437. The van der Waals surface area contributed by atoms with Crippen LogP contribution in [0.15, 0.2) is 42.7 Å². The van der Waals surface area contributed by atoms with Crippen LogP contribution in [0, 0.1) is 0 Å². The third-order valence-electron chi connectivity index (χ3n) is 2.97. The van der Waals surface area contributed by atoms with Crippen LogP contribution in [-0.4, -0.2) is 32.6 Å². The van der Waals surface area contributed by atoms with Crippen LogP contribution in [0.3, 0.4) is 0 Å². The summed E-state index contributed by atoms with van der Waals surface area (Å²) < 4.78 is 6.97. The largest absolute Gasteiger partial charge is 0.496 e. The van der Waals surface area contributed by atoms with Crippen LogP contribution in [0.1, 0.15) is 10.5 Å². The van der Waals surface area contributed by atoms with E-state index in [1.807, 2.05) is 24.3 Å². The van der Waals surface area contributed by atoms with E-state index >= 15 is 0 Å². The van der Waals surface area contributed by atoms with Gasteiger partial charge in [0.05, 0.1) is 12.8 Å². The molecule has 0 aliphatic carbocycles. The summed E-state index contributed by atoms with van der Waals surface area (Å²) in [5.41, 5.74) is 1.57. The number of hydrogen-bond donors (Lipinski definition) is 1. The normalized spacial score (nSPS) is 10.7. The van der Waals surface area contributed by atoms with Gasteiger partial charge in [0.25, 0.3) is 0 Å². The molecular weight excluding hydrogens is 258 g/mol. The number of imidazole rings is 1. The van der Waals surface area contributed by atoms with Crippen LogP contribution in [0.5, 0.6) is 5.75 Å². The molecule has 2 heterocycles. The van der Waals surface area contributed by atoms with Crippen molar-refractivity contribution in [3.8, 4) is 17.0 Å². The molecule has 0 unspecified atom stereocenters. The number of carboxylic acids is 1. The van der Waals surface area contributed by atoms with Crippen molar-refractivity contribution in [2.24, 2.45) is 0 Å². The minimum Gasteiger partial charge on any atom is -0.496 e. The maximum absolute atomic E-state index is 11.0. The van der Waals surface area contributed by atoms with Gasteiger partial charge in [-0.2, -0.15) is 0 Å². The number of carbonyl (C=O) groups is 1. The topological polar surface area (TPSA) is 76.7 Å². The molecule has 0 aliphatic heterocycles. The molecule has 0 atom stereocenters. The van der Waals surface area contributed by atoms with Crippen LogP contribution >= 0.6 is 0 Å². The molecule has 1 aromatic carbocycles. The van der Waals surface area contributed by atoms with Crippen LogP contribution in [-0.2, 0) is 0 Å². The molecule has 1 N–H and O–H groups in total. The molecule has 6 nitrogen and oxygen atoms in total. The summed E-state index contributed by atoms with van der Waals surface area (Å²) in [6.07, 6.45) is 3.04. The molecule has 100 valence electrons. The number of aromatic carboxylic acids is 1. The molecule has 0 bridgehead atoms. The van der Waals surface area contributed by atoms with E-state index in [2.05, 4.69) is 9.97 Å². The molecule has 0 amide bonds. The number of benzene rings is 1. The fourth-order valence-corrected chi connectivity index (χ4v) is 2.07. The number of carboxylic acid groups (broad SMARTS) is 1. The van der Waals surface area contributed by atoms with Crippen LogP contribution < -0.4 is 4.74 Å². The van der Waals surface area contributed by atoms with Gasteiger partial charge in [-0.25, -0.2) is 14.8 Å². The second-order valence-electron chi connectivity index (χ2n) is 4.13. The fourth-order valence-electron chi connectivity index (χ4n) is 2.07. The van der Waals surface area contributed by atoms with Gasteiger partial charge < -0.3 is 9.84 Å². The maximum Gasteiger partial charge on any atom is 0.356 e. The summed E-state index contributed by atoms with van der Waals surface area (Å²) in [6.45, 7) is 0. The van der Waals surface area contributed by atoms with Crippen molar-refractivity contribution in [2.45, 2.75) is 0 Å². The molecule has 20 heavy (non-hydrogen) atoms. The van der Waals surface area contributed by atoms with Gasteiger partial charge in [-0.05, 0) is 18.2 Å². The first-order valence-electron chi connectivity index (χ1n) is 5.91. The average molecular weight is 269 g/mol. The van der Waals surface area contributed by atoms with Gasteiger partial charge in [0, 0.05) is 18.0 Å². The molecule has 0 radical (unpaired) electrons. The Bertz CT molecular complexity index is 795. The van der Waals surface area contributed by atoms with Crippen molar-refractivity contribution in [1.29, 1.82) is 0 Å². The van der Waals surface area contributed by atoms with E-state index in [0.29, 0.717) is 11.5 Å². The van der Waals surface area contributed by atoms with Gasteiger partial charge in [-0.1, -0.05) is 12.1 Å². The summed E-state index contributed by atoms with van der Waals surface area (Å²) in [7, 11) is 1.59. The van der Waals surface area contributed by atoms with Gasteiger partial charge in [-0.15, -0.1) is 0 Å². The van der Waals surface area contributed by atoms with Crippen molar-refractivity contribution in [3.05, 3.63) is 48.4 Å². The Morgan fingerprint density at radius 2 is 2.10 bits per heavy atom. The number of methoxy groups -OCH3 is 1. The SMILES string of the molecule is COc1ccccc1-c1ccnc2nc(C(=O)O)cn12. The lowest BCUT2D eigenvalue weighted by molar-refractivity contribution is 0.0691. The van der Waals surface area contributed by atoms with Gasteiger partial charge in [0.2, 0.25) is 5.78 Å². The van der Waals surface area contributed by atoms with Crippen LogP contribution in [0.25, 0.3) is 17.0 Å². The van der Waals surface area contributed by atoms with Crippen molar-refractivity contribution in [2.75, 3.05) is 7.11 Å². The minimum absolute atomic E-state index is 0.0418. The molecule has 3 aromatic rings. The molecule has 0 fully saturated rings. The summed E-state index contributed by atoms with van der Waals surface area (Å²) in [5, 5.41) is 9.02. The van der Waals surface area contributed by atoms with Crippen molar-refractivity contribution < 1.29 is 14.6 Å². The number of para-hydroxylation sites is 1. The molecule has 0 saturated carbocycles. The van der Waals surface area contributed by atoms with E-state index < -0.39 is 5.97 Å². The van der Waals surface area contributed by atoms with Crippen LogP contribution in [0.2, 0.25) is 0 Å². The van der Waals surface area contributed by atoms with Gasteiger partial charge >= 0.3 is 5.97 Å². The first-order chi connectivity index (χ1) is 9.70. The lowest BCUT2D eigenvalue weighted by Crippen LogP contribution is -1.95. The maximum atomic E-state index is 11.0. The lowest BCUT2D eigenvalue weighted by atomic mass is 10.1. The highest BCUT2D eigenvalue weighted by atomic mass is 16.5. The molecular formula is C14H11N3O3. The Balaban J connectivity index is 2.28.